The second-order valence-corrected chi connectivity index (χ2v) is 7.01. The number of guanidine groups is 1. The molecule has 146 valence electrons. The standard InChI is InChI=1S/C21H31N5O/c1-3-18-14-20(27-25-18)15-23-21(22-4-2)24-19-10-12-26(13-11-19)16-17-8-6-5-7-9-17/h5-9,14,19H,3-4,10-13,15-16H2,1-2H3,(H2,22,23,24). The molecule has 1 aliphatic rings. The average molecular weight is 370 g/mol. The second-order valence-electron chi connectivity index (χ2n) is 7.01. The molecule has 2 N–H and O–H groups in total. The Bertz CT molecular complexity index is 704. The third-order valence-electron chi connectivity index (χ3n) is 4.88. The molecule has 27 heavy (non-hydrogen) atoms. The summed E-state index contributed by atoms with van der Waals surface area (Å²) in [6.45, 7) is 8.75. The third kappa shape index (κ3) is 6.10. The van der Waals surface area contributed by atoms with Crippen LogP contribution in [0.3, 0.4) is 0 Å². The van der Waals surface area contributed by atoms with Gasteiger partial charge in [0.05, 0.1) is 5.69 Å². The van der Waals surface area contributed by atoms with Gasteiger partial charge in [0.15, 0.2) is 11.7 Å². The van der Waals surface area contributed by atoms with Crippen molar-refractivity contribution in [3.05, 3.63) is 53.4 Å². The molecule has 0 spiro atoms. The molecule has 0 atom stereocenters. The van der Waals surface area contributed by atoms with Gasteiger partial charge in [-0.2, -0.15) is 0 Å². The molecule has 6 nitrogen and oxygen atoms in total. The lowest BCUT2D eigenvalue weighted by Crippen LogP contribution is -2.48. The molecule has 1 aromatic carbocycles. The minimum absolute atomic E-state index is 0.454. The van der Waals surface area contributed by atoms with Crippen LogP contribution in [-0.4, -0.2) is 41.7 Å². The van der Waals surface area contributed by atoms with Crippen LogP contribution in [0.1, 0.15) is 43.7 Å². The first kappa shape index (κ1) is 19.4. The van der Waals surface area contributed by atoms with Gasteiger partial charge in [0.1, 0.15) is 6.54 Å². The van der Waals surface area contributed by atoms with Gasteiger partial charge >= 0.3 is 0 Å². The van der Waals surface area contributed by atoms with Gasteiger partial charge < -0.3 is 15.2 Å². The first-order chi connectivity index (χ1) is 13.3. The van der Waals surface area contributed by atoms with Crippen molar-refractivity contribution in [2.75, 3.05) is 19.6 Å². The molecular weight excluding hydrogens is 338 g/mol. The van der Waals surface area contributed by atoms with Crippen LogP contribution in [0.2, 0.25) is 0 Å². The Kier molecular flexibility index (Phi) is 7.27. The van der Waals surface area contributed by atoms with Crippen molar-refractivity contribution in [1.82, 2.24) is 20.7 Å². The smallest absolute Gasteiger partial charge is 0.191 e. The molecule has 6 heteroatoms. The Morgan fingerprint density at radius 1 is 1.22 bits per heavy atom. The van der Waals surface area contributed by atoms with Crippen LogP contribution in [0.5, 0.6) is 0 Å². The van der Waals surface area contributed by atoms with Crippen molar-refractivity contribution in [2.24, 2.45) is 4.99 Å². The van der Waals surface area contributed by atoms with Gasteiger partial charge in [-0.05, 0) is 31.7 Å². The molecule has 2 aromatic rings. The fourth-order valence-electron chi connectivity index (χ4n) is 3.34. The summed E-state index contributed by atoms with van der Waals surface area (Å²) < 4.78 is 5.33. The molecule has 0 radical (unpaired) electrons. The summed E-state index contributed by atoms with van der Waals surface area (Å²) in [7, 11) is 0. The number of nitrogens with one attached hydrogen (secondary N) is 2. The minimum Gasteiger partial charge on any atom is -0.359 e. The highest BCUT2D eigenvalue weighted by Crippen LogP contribution is 2.14. The van der Waals surface area contributed by atoms with E-state index in [0.29, 0.717) is 12.6 Å². The zero-order valence-corrected chi connectivity index (χ0v) is 16.4. The topological polar surface area (TPSA) is 65.7 Å². The zero-order chi connectivity index (χ0) is 18.9. The zero-order valence-electron chi connectivity index (χ0n) is 16.4. The maximum atomic E-state index is 5.33. The lowest BCUT2D eigenvalue weighted by atomic mass is 10.0. The van der Waals surface area contributed by atoms with Crippen molar-refractivity contribution in [1.29, 1.82) is 0 Å². The summed E-state index contributed by atoms with van der Waals surface area (Å²) in [6.07, 6.45) is 3.13. The van der Waals surface area contributed by atoms with E-state index in [1.807, 2.05) is 6.07 Å². The van der Waals surface area contributed by atoms with E-state index in [-0.39, 0.29) is 0 Å². The summed E-state index contributed by atoms with van der Waals surface area (Å²) in [6, 6.07) is 13.1. The number of benzene rings is 1. The van der Waals surface area contributed by atoms with E-state index < -0.39 is 0 Å². The van der Waals surface area contributed by atoms with Gasteiger partial charge in [-0.25, -0.2) is 4.99 Å². The Labute approximate surface area is 162 Å². The van der Waals surface area contributed by atoms with Crippen molar-refractivity contribution >= 4 is 5.96 Å². The summed E-state index contributed by atoms with van der Waals surface area (Å²) in [5.41, 5.74) is 2.36. The second kappa shape index (κ2) is 10.1. The lowest BCUT2D eigenvalue weighted by Gasteiger charge is -2.33. The summed E-state index contributed by atoms with van der Waals surface area (Å²) in [5.74, 6) is 1.66. The molecule has 3 rings (SSSR count). The van der Waals surface area contributed by atoms with Crippen molar-refractivity contribution in [3.63, 3.8) is 0 Å². The van der Waals surface area contributed by atoms with E-state index in [2.05, 4.69) is 69.9 Å². The van der Waals surface area contributed by atoms with Crippen LogP contribution in [0.25, 0.3) is 0 Å². The van der Waals surface area contributed by atoms with Gasteiger partial charge in [0.25, 0.3) is 0 Å². The molecular formula is C21H31N5O. The third-order valence-corrected chi connectivity index (χ3v) is 4.88. The highest BCUT2D eigenvalue weighted by molar-refractivity contribution is 5.80. The van der Waals surface area contributed by atoms with E-state index in [4.69, 9.17) is 4.52 Å². The van der Waals surface area contributed by atoms with Crippen LogP contribution < -0.4 is 10.6 Å². The van der Waals surface area contributed by atoms with Crippen molar-refractivity contribution < 1.29 is 4.52 Å². The number of rotatable bonds is 7. The van der Waals surface area contributed by atoms with Gasteiger partial charge in [0, 0.05) is 38.3 Å². The monoisotopic (exact) mass is 369 g/mol. The summed E-state index contributed by atoms with van der Waals surface area (Å²) >= 11 is 0. The first-order valence-electron chi connectivity index (χ1n) is 10.0. The van der Waals surface area contributed by atoms with Crippen LogP contribution in [0, 0.1) is 0 Å². The van der Waals surface area contributed by atoms with Crippen LogP contribution in [0.15, 0.2) is 45.9 Å². The molecule has 0 amide bonds. The molecule has 0 unspecified atom stereocenters. The van der Waals surface area contributed by atoms with E-state index in [1.165, 1.54) is 5.56 Å². The minimum atomic E-state index is 0.454. The molecule has 1 fully saturated rings. The quantitative estimate of drug-likeness (QED) is 0.580. The van der Waals surface area contributed by atoms with Crippen molar-refractivity contribution in [2.45, 2.75) is 52.2 Å². The Morgan fingerprint density at radius 2 is 2.00 bits per heavy atom. The predicted octanol–water partition coefficient (Wildman–Crippen LogP) is 2.96. The number of hydrogen-bond acceptors (Lipinski definition) is 4. The molecule has 1 aromatic heterocycles. The molecule has 1 aliphatic heterocycles. The highest BCUT2D eigenvalue weighted by Gasteiger charge is 2.20. The maximum Gasteiger partial charge on any atom is 0.191 e. The fraction of sp³-hybridized carbons (Fsp3) is 0.524. The van der Waals surface area contributed by atoms with Gasteiger partial charge in [-0.3, -0.25) is 4.90 Å². The number of aromatic nitrogens is 1. The molecule has 1 saturated heterocycles. The summed E-state index contributed by atoms with van der Waals surface area (Å²) in [5, 5.41) is 10.9. The number of aryl methyl sites for hydroxylation is 1. The molecule has 0 bridgehead atoms. The average Bonchev–Trinajstić information content (AvgIpc) is 3.17. The molecule has 0 aliphatic carbocycles. The highest BCUT2D eigenvalue weighted by atomic mass is 16.5. The van der Waals surface area contributed by atoms with Crippen LogP contribution in [0.4, 0.5) is 0 Å². The number of nitrogens with zero attached hydrogens (tertiary/aromatic N) is 3. The van der Waals surface area contributed by atoms with Gasteiger partial charge in [0.2, 0.25) is 0 Å². The van der Waals surface area contributed by atoms with E-state index in [0.717, 1.165) is 62.9 Å². The lowest BCUT2D eigenvalue weighted by molar-refractivity contribution is 0.198. The Morgan fingerprint density at radius 3 is 2.67 bits per heavy atom. The Balaban J connectivity index is 1.48. The maximum absolute atomic E-state index is 5.33. The van der Waals surface area contributed by atoms with Gasteiger partial charge in [-0.15, -0.1) is 0 Å². The first-order valence-corrected chi connectivity index (χ1v) is 10.0. The van der Waals surface area contributed by atoms with E-state index >= 15 is 0 Å². The number of hydrogen-bond donors (Lipinski definition) is 2. The Hall–Kier alpha value is -2.34. The van der Waals surface area contributed by atoms with Crippen LogP contribution >= 0.6 is 0 Å². The normalized spacial score (nSPS) is 16.4. The number of likely N-dealkylation sites (tertiary alicyclic amines) is 1. The largest absolute Gasteiger partial charge is 0.359 e. The van der Waals surface area contributed by atoms with Gasteiger partial charge in [-0.1, -0.05) is 42.4 Å². The van der Waals surface area contributed by atoms with Crippen LogP contribution in [-0.2, 0) is 19.5 Å². The summed E-state index contributed by atoms with van der Waals surface area (Å²) in [4.78, 5) is 7.19. The molecule has 0 saturated carbocycles. The van der Waals surface area contributed by atoms with Crippen molar-refractivity contribution in [3.8, 4) is 0 Å². The number of piperidine rings is 1. The number of aliphatic imine (C=N–C) groups is 1. The SMILES string of the molecule is CCNC(=NCc1cc(CC)no1)NC1CCN(Cc2ccccc2)CC1. The molecule has 2 heterocycles. The fourth-order valence-corrected chi connectivity index (χ4v) is 3.34. The van der Waals surface area contributed by atoms with E-state index in [1.54, 1.807) is 0 Å². The predicted molar refractivity (Wildman–Crippen MR) is 109 cm³/mol. The van der Waals surface area contributed by atoms with E-state index in [9.17, 15) is 0 Å².